The molecule has 2 aromatic carbocycles. The van der Waals surface area contributed by atoms with Gasteiger partial charge in [-0.2, -0.15) is 5.10 Å². The zero-order chi connectivity index (χ0) is 18.3. The molecular formula is C18H11ClN4O3. The average Bonchev–Trinajstić information content (AvgIpc) is 3.20. The minimum Gasteiger partial charge on any atom is -0.321 e. The number of amides is 1. The van der Waals surface area contributed by atoms with E-state index in [1.54, 1.807) is 23.2 Å². The number of carbonyl (C=O) groups is 1. The lowest BCUT2D eigenvalue weighted by atomic mass is 10.0. The van der Waals surface area contributed by atoms with Crippen LogP contribution in [-0.4, -0.2) is 20.6 Å². The Morgan fingerprint density at radius 1 is 1.23 bits per heavy atom. The first kappa shape index (κ1) is 16.0. The molecule has 3 aromatic rings. The Morgan fingerprint density at radius 2 is 2.00 bits per heavy atom. The standard InChI is InChI=1S/C18H11ClN4O3/c19-15-8-16-13(7-17(15)23(25)26)14(18(24)21-16)6-11-9-20-22(10-11)12-4-2-1-3-5-12/h1-10H,(H,21,24). The summed E-state index contributed by atoms with van der Waals surface area (Å²) in [7, 11) is 0. The van der Waals surface area contributed by atoms with Crippen LogP contribution in [0.2, 0.25) is 5.02 Å². The van der Waals surface area contributed by atoms with Crippen LogP contribution in [0.1, 0.15) is 11.1 Å². The average molecular weight is 367 g/mol. The second-order valence-electron chi connectivity index (χ2n) is 5.67. The number of hydrogen-bond donors (Lipinski definition) is 1. The zero-order valence-corrected chi connectivity index (χ0v) is 14.0. The van der Waals surface area contributed by atoms with Gasteiger partial charge in [-0.25, -0.2) is 4.68 Å². The largest absolute Gasteiger partial charge is 0.321 e. The van der Waals surface area contributed by atoms with Gasteiger partial charge in [0.2, 0.25) is 0 Å². The van der Waals surface area contributed by atoms with Gasteiger partial charge in [0.1, 0.15) is 5.02 Å². The normalized spacial score (nSPS) is 14.3. The molecule has 4 rings (SSSR count). The van der Waals surface area contributed by atoms with Crippen molar-refractivity contribution in [3.05, 3.63) is 81.1 Å². The lowest BCUT2D eigenvalue weighted by Gasteiger charge is -2.01. The molecule has 0 unspecified atom stereocenters. The minimum absolute atomic E-state index is 0.0211. The number of halogens is 1. The van der Waals surface area contributed by atoms with Gasteiger partial charge < -0.3 is 5.32 Å². The zero-order valence-electron chi connectivity index (χ0n) is 13.2. The number of para-hydroxylation sites is 1. The van der Waals surface area contributed by atoms with E-state index in [1.165, 1.54) is 12.1 Å². The highest BCUT2D eigenvalue weighted by atomic mass is 35.5. The molecule has 0 atom stereocenters. The number of nitro groups is 1. The molecule has 0 fully saturated rings. The quantitative estimate of drug-likeness (QED) is 0.432. The van der Waals surface area contributed by atoms with Gasteiger partial charge in [0.15, 0.2) is 0 Å². The first-order valence-corrected chi connectivity index (χ1v) is 8.02. The van der Waals surface area contributed by atoms with Gasteiger partial charge in [0.25, 0.3) is 11.6 Å². The lowest BCUT2D eigenvalue weighted by molar-refractivity contribution is -0.384. The van der Waals surface area contributed by atoms with Crippen molar-refractivity contribution in [1.29, 1.82) is 0 Å². The number of nitro benzene ring substituents is 1. The third-order valence-electron chi connectivity index (χ3n) is 4.00. The summed E-state index contributed by atoms with van der Waals surface area (Å²) in [5, 5.41) is 18.0. The molecule has 0 bridgehead atoms. The van der Waals surface area contributed by atoms with E-state index in [4.69, 9.17) is 11.6 Å². The van der Waals surface area contributed by atoms with Gasteiger partial charge in [0.05, 0.1) is 22.5 Å². The summed E-state index contributed by atoms with van der Waals surface area (Å²) in [6, 6.07) is 12.2. The second kappa shape index (κ2) is 6.12. The fraction of sp³-hybridized carbons (Fsp3) is 0. The van der Waals surface area contributed by atoms with Gasteiger partial charge in [-0.15, -0.1) is 0 Å². The van der Waals surface area contributed by atoms with Crippen molar-refractivity contribution in [2.45, 2.75) is 0 Å². The summed E-state index contributed by atoms with van der Waals surface area (Å²) in [5.41, 5.74) is 2.56. The Balaban J connectivity index is 1.76. The highest BCUT2D eigenvalue weighted by Gasteiger charge is 2.28. The van der Waals surface area contributed by atoms with Crippen LogP contribution < -0.4 is 5.32 Å². The van der Waals surface area contributed by atoms with Crippen molar-refractivity contribution < 1.29 is 9.72 Å². The van der Waals surface area contributed by atoms with Crippen molar-refractivity contribution in [1.82, 2.24) is 9.78 Å². The Bertz CT molecular complexity index is 1070. The Hall–Kier alpha value is -3.45. The van der Waals surface area contributed by atoms with Crippen LogP contribution in [0.5, 0.6) is 0 Å². The smallest absolute Gasteiger partial charge is 0.288 e. The van der Waals surface area contributed by atoms with Gasteiger partial charge in [-0.1, -0.05) is 29.8 Å². The molecule has 7 nitrogen and oxygen atoms in total. The number of hydrogen-bond acceptors (Lipinski definition) is 4. The van der Waals surface area contributed by atoms with Crippen molar-refractivity contribution in [3.8, 4) is 5.69 Å². The molecule has 1 aliphatic rings. The van der Waals surface area contributed by atoms with E-state index < -0.39 is 4.92 Å². The molecule has 1 N–H and O–H groups in total. The first-order chi connectivity index (χ1) is 12.5. The third-order valence-corrected chi connectivity index (χ3v) is 4.30. The number of anilines is 1. The van der Waals surface area contributed by atoms with Crippen LogP contribution in [0.4, 0.5) is 11.4 Å². The molecule has 0 spiro atoms. The fourth-order valence-electron chi connectivity index (χ4n) is 2.78. The maximum absolute atomic E-state index is 12.3. The summed E-state index contributed by atoms with van der Waals surface area (Å²) in [6.07, 6.45) is 5.04. The van der Waals surface area contributed by atoms with Gasteiger partial charge in [-0.05, 0) is 24.3 Å². The van der Waals surface area contributed by atoms with Crippen LogP contribution in [0.3, 0.4) is 0 Å². The maximum atomic E-state index is 12.3. The van der Waals surface area contributed by atoms with Gasteiger partial charge >= 0.3 is 0 Å². The Morgan fingerprint density at radius 3 is 2.73 bits per heavy atom. The summed E-state index contributed by atoms with van der Waals surface area (Å²) >= 11 is 5.90. The van der Waals surface area contributed by atoms with E-state index in [1.807, 2.05) is 30.3 Å². The summed E-state index contributed by atoms with van der Waals surface area (Å²) in [5.74, 6) is -0.343. The highest BCUT2D eigenvalue weighted by Crippen LogP contribution is 2.39. The van der Waals surface area contributed by atoms with E-state index >= 15 is 0 Å². The van der Waals surface area contributed by atoms with Gasteiger partial charge in [-0.3, -0.25) is 14.9 Å². The molecule has 0 aliphatic carbocycles. The molecule has 0 saturated heterocycles. The number of carbonyl (C=O) groups excluding carboxylic acids is 1. The predicted octanol–water partition coefficient (Wildman–Crippen LogP) is 3.93. The molecule has 1 amide bonds. The van der Waals surface area contributed by atoms with E-state index in [-0.39, 0.29) is 16.6 Å². The molecule has 8 heteroatoms. The van der Waals surface area contributed by atoms with Crippen molar-refractivity contribution in [2.24, 2.45) is 0 Å². The van der Waals surface area contributed by atoms with Crippen molar-refractivity contribution in [3.63, 3.8) is 0 Å². The number of benzene rings is 2. The van der Waals surface area contributed by atoms with E-state index in [9.17, 15) is 14.9 Å². The number of fused-ring (bicyclic) bond motifs is 1. The molecule has 0 radical (unpaired) electrons. The second-order valence-corrected chi connectivity index (χ2v) is 6.08. The molecule has 26 heavy (non-hydrogen) atoms. The summed E-state index contributed by atoms with van der Waals surface area (Å²) in [4.78, 5) is 22.8. The van der Waals surface area contributed by atoms with Crippen LogP contribution in [0.25, 0.3) is 17.3 Å². The topological polar surface area (TPSA) is 90.1 Å². The predicted molar refractivity (Wildman–Crippen MR) is 98.2 cm³/mol. The van der Waals surface area contributed by atoms with Crippen LogP contribution >= 0.6 is 11.6 Å². The summed E-state index contributed by atoms with van der Waals surface area (Å²) in [6.45, 7) is 0. The number of nitrogens with zero attached hydrogens (tertiary/aromatic N) is 3. The van der Waals surface area contributed by atoms with Crippen molar-refractivity contribution in [2.75, 3.05) is 5.32 Å². The van der Waals surface area contributed by atoms with Crippen LogP contribution in [0.15, 0.2) is 54.9 Å². The number of nitrogens with one attached hydrogen (secondary N) is 1. The van der Waals surface area contributed by atoms with Gasteiger partial charge in [0, 0.05) is 29.0 Å². The van der Waals surface area contributed by atoms with Crippen LogP contribution in [-0.2, 0) is 4.79 Å². The Labute approximate surface area is 152 Å². The minimum atomic E-state index is -0.573. The Kier molecular flexibility index (Phi) is 3.78. The van der Waals surface area contributed by atoms with E-state index in [2.05, 4.69) is 10.4 Å². The van der Waals surface area contributed by atoms with E-state index in [0.717, 1.165) is 5.69 Å². The number of aromatic nitrogens is 2. The highest BCUT2D eigenvalue weighted by molar-refractivity contribution is 6.37. The molecule has 128 valence electrons. The molecule has 0 saturated carbocycles. The van der Waals surface area contributed by atoms with E-state index in [0.29, 0.717) is 22.4 Å². The van der Waals surface area contributed by atoms with Crippen molar-refractivity contribution >= 4 is 40.5 Å². The molecular weight excluding hydrogens is 356 g/mol. The maximum Gasteiger partial charge on any atom is 0.288 e. The first-order valence-electron chi connectivity index (χ1n) is 7.64. The monoisotopic (exact) mass is 366 g/mol. The van der Waals surface area contributed by atoms with Crippen LogP contribution in [0, 0.1) is 10.1 Å². The lowest BCUT2D eigenvalue weighted by Crippen LogP contribution is -2.03. The molecule has 1 aromatic heterocycles. The third kappa shape index (κ3) is 2.74. The molecule has 1 aliphatic heterocycles. The fourth-order valence-corrected chi connectivity index (χ4v) is 3.02. The molecule has 2 heterocycles. The number of rotatable bonds is 3. The SMILES string of the molecule is O=C1Nc2cc(Cl)c([N+](=O)[O-])cc2C1=Cc1cnn(-c2ccccc2)c1. The summed E-state index contributed by atoms with van der Waals surface area (Å²) < 4.78 is 1.68.